The third kappa shape index (κ3) is 4.02. The smallest absolute Gasteiger partial charge is 0.251 e. The Balaban J connectivity index is 1.69. The molecule has 0 aliphatic heterocycles. The van der Waals surface area contributed by atoms with Gasteiger partial charge in [0.2, 0.25) is 0 Å². The predicted octanol–water partition coefficient (Wildman–Crippen LogP) is 2.26. The molecule has 0 bridgehead atoms. The maximum absolute atomic E-state index is 12.5. The average molecular weight is 389 g/mol. The number of hydrogen-bond acceptors (Lipinski definition) is 5. The molecule has 0 saturated heterocycles. The molecule has 8 nitrogen and oxygen atoms in total. The van der Waals surface area contributed by atoms with Gasteiger partial charge >= 0.3 is 0 Å². The summed E-state index contributed by atoms with van der Waals surface area (Å²) < 4.78 is 3.52. The number of amides is 1. The summed E-state index contributed by atoms with van der Waals surface area (Å²) in [6.45, 7) is 4.13. The molecule has 4 aromatic rings. The summed E-state index contributed by atoms with van der Waals surface area (Å²) in [5, 5.41) is 11.8. The Hall–Kier alpha value is -3.52. The Morgan fingerprint density at radius 3 is 2.72 bits per heavy atom. The van der Waals surface area contributed by atoms with E-state index in [1.165, 1.54) is 0 Å². The number of aryl methyl sites for hydroxylation is 1. The number of benzene rings is 1. The van der Waals surface area contributed by atoms with Crippen LogP contribution in [0.4, 0.5) is 0 Å². The van der Waals surface area contributed by atoms with E-state index >= 15 is 0 Å². The largest absolute Gasteiger partial charge is 0.350 e. The van der Waals surface area contributed by atoms with Gasteiger partial charge in [-0.25, -0.2) is 9.50 Å². The number of aromatic nitrogens is 5. The molecule has 0 atom stereocenters. The van der Waals surface area contributed by atoms with Gasteiger partial charge in [-0.05, 0) is 38.1 Å². The lowest BCUT2D eigenvalue weighted by Gasteiger charge is -2.19. The fraction of sp³-hybridized carbons (Fsp3) is 0.238. The zero-order valence-corrected chi connectivity index (χ0v) is 16.6. The first-order valence-electron chi connectivity index (χ1n) is 9.31. The highest BCUT2D eigenvalue weighted by atomic mass is 16.1. The molecule has 0 spiro atoms. The van der Waals surface area contributed by atoms with E-state index in [2.05, 4.69) is 15.4 Å². The number of hydrogen-bond donors (Lipinski definition) is 2. The molecule has 3 N–H and O–H groups in total. The third-order valence-corrected chi connectivity index (χ3v) is 4.49. The lowest BCUT2D eigenvalue weighted by atomic mass is 10.1. The van der Waals surface area contributed by atoms with E-state index in [-0.39, 0.29) is 5.91 Å². The van der Waals surface area contributed by atoms with Gasteiger partial charge in [-0.1, -0.05) is 12.1 Å². The second kappa shape index (κ2) is 7.14. The minimum atomic E-state index is -0.471. The highest BCUT2D eigenvalue weighted by molar-refractivity contribution is 5.95. The SMILES string of the molecule is Cn1cc(-c2ccc3ncc(-c4cccc(C(=O)NCC(C)(C)N)c4)n3n2)cn1. The predicted molar refractivity (Wildman–Crippen MR) is 111 cm³/mol. The molecule has 0 fully saturated rings. The number of nitrogens with one attached hydrogen (secondary N) is 1. The van der Waals surface area contributed by atoms with Gasteiger partial charge in [-0.2, -0.15) is 10.2 Å². The molecular weight excluding hydrogens is 366 g/mol. The van der Waals surface area contributed by atoms with Crippen LogP contribution in [-0.2, 0) is 7.05 Å². The van der Waals surface area contributed by atoms with Crippen molar-refractivity contribution in [1.29, 1.82) is 0 Å². The summed E-state index contributed by atoms with van der Waals surface area (Å²) >= 11 is 0. The molecule has 4 rings (SSSR count). The van der Waals surface area contributed by atoms with Crippen molar-refractivity contribution in [3.8, 4) is 22.5 Å². The van der Waals surface area contributed by atoms with Gasteiger partial charge in [0, 0.05) is 42.0 Å². The normalized spacial score (nSPS) is 11.7. The van der Waals surface area contributed by atoms with Crippen molar-refractivity contribution in [3.63, 3.8) is 0 Å². The monoisotopic (exact) mass is 389 g/mol. The number of imidazole rings is 1. The summed E-state index contributed by atoms with van der Waals surface area (Å²) in [5.41, 5.74) is 10.2. The molecule has 3 heterocycles. The van der Waals surface area contributed by atoms with Crippen LogP contribution in [0.3, 0.4) is 0 Å². The Kier molecular flexibility index (Phi) is 4.63. The van der Waals surface area contributed by atoms with Crippen LogP contribution >= 0.6 is 0 Å². The summed E-state index contributed by atoms with van der Waals surface area (Å²) in [6.07, 6.45) is 5.44. The maximum atomic E-state index is 12.5. The van der Waals surface area contributed by atoms with Crippen LogP contribution in [0.15, 0.2) is 55.0 Å². The Morgan fingerprint density at radius 2 is 2.00 bits per heavy atom. The first kappa shape index (κ1) is 18.8. The van der Waals surface area contributed by atoms with Crippen molar-refractivity contribution in [2.45, 2.75) is 19.4 Å². The topological polar surface area (TPSA) is 103 Å². The molecule has 1 amide bonds. The molecule has 0 radical (unpaired) electrons. The van der Waals surface area contributed by atoms with Gasteiger partial charge in [0.05, 0.1) is 23.8 Å². The maximum Gasteiger partial charge on any atom is 0.251 e. The molecule has 29 heavy (non-hydrogen) atoms. The number of nitrogens with zero attached hydrogens (tertiary/aromatic N) is 5. The van der Waals surface area contributed by atoms with Crippen LogP contribution in [0.5, 0.6) is 0 Å². The number of carbonyl (C=O) groups excluding carboxylic acids is 1. The highest BCUT2D eigenvalue weighted by Crippen LogP contribution is 2.23. The Bertz CT molecular complexity index is 1180. The van der Waals surface area contributed by atoms with Gasteiger partial charge in [0.25, 0.3) is 5.91 Å². The van der Waals surface area contributed by atoms with Crippen LogP contribution in [0.1, 0.15) is 24.2 Å². The third-order valence-electron chi connectivity index (χ3n) is 4.49. The number of rotatable bonds is 5. The number of fused-ring (bicyclic) bond motifs is 1. The number of carbonyl (C=O) groups is 1. The van der Waals surface area contributed by atoms with Gasteiger partial charge in [-0.15, -0.1) is 0 Å². The van der Waals surface area contributed by atoms with E-state index in [0.717, 1.165) is 28.2 Å². The highest BCUT2D eigenvalue weighted by Gasteiger charge is 2.15. The average Bonchev–Trinajstić information content (AvgIpc) is 3.31. The lowest BCUT2D eigenvalue weighted by molar-refractivity contribution is 0.0946. The van der Waals surface area contributed by atoms with Crippen LogP contribution in [0.2, 0.25) is 0 Å². The lowest BCUT2D eigenvalue weighted by Crippen LogP contribution is -2.45. The summed E-state index contributed by atoms with van der Waals surface area (Å²) in [7, 11) is 1.87. The minimum absolute atomic E-state index is 0.164. The second-order valence-corrected chi connectivity index (χ2v) is 7.79. The van der Waals surface area contributed by atoms with Crippen molar-refractivity contribution in [2.75, 3.05) is 6.54 Å². The fourth-order valence-corrected chi connectivity index (χ4v) is 3.01. The Morgan fingerprint density at radius 1 is 1.17 bits per heavy atom. The van der Waals surface area contributed by atoms with E-state index in [4.69, 9.17) is 10.8 Å². The molecular formula is C21H23N7O. The molecule has 148 valence electrons. The van der Waals surface area contributed by atoms with Crippen molar-refractivity contribution >= 4 is 11.6 Å². The first-order chi connectivity index (χ1) is 13.8. The first-order valence-corrected chi connectivity index (χ1v) is 9.31. The molecule has 0 aliphatic carbocycles. The van der Waals surface area contributed by atoms with Crippen LogP contribution < -0.4 is 11.1 Å². The molecule has 1 aromatic carbocycles. The zero-order valence-electron chi connectivity index (χ0n) is 16.6. The zero-order chi connectivity index (χ0) is 20.6. The summed E-state index contributed by atoms with van der Waals surface area (Å²) in [5.74, 6) is -0.164. The van der Waals surface area contributed by atoms with Gasteiger partial charge in [-0.3, -0.25) is 9.48 Å². The fourth-order valence-electron chi connectivity index (χ4n) is 3.01. The standard InChI is InChI=1S/C21H23N7O/c1-21(2,22)13-24-20(29)15-6-4-5-14(9-15)18-11-23-19-8-7-17(26-28(18)19)16-10-25-27(3)12-16/h4-12H,13,22H2,1-3H3,(H,24,29). The Labute approximate surface area is 168 Å². The van der Waals surface area contributed by atoms with E-state index in [1.54, 1.807) is 27.7 Å². The molecule has 0 saturated carbocycles. The molecule has 3 aromatic heterocycles. The van der Waals surface area contributed by atoms with Crippen LogP contribution in [0.25, 0.3) is 28.2 Å². The molecule has 8 heteroatoms. The summed E-state index contributed by atoms with van der Waals surface area (Å²) in [6, 6.07) is 11.2. The quantitative estimate of drug-likeness (QED) is 0.545. The van der Waals surface area contributed by atoms with Crippen molar-refractivity contribution in [2.24, 2.45) is 12.8 Å². The van der Waals surface area contributed by atoms with Crippen LogP contribution in [-0.4, -0.2) is 42.4 Å². The van der Waals surface area contributed by atoms with E-state index in [9.17, 15) is 4.79 Å². The summed E-state index contributed by atoms with van der Waals surface area (Å²) in [4.78, 5) is 16.9. The number of nitrogens with two attached hydrogens (primary N) is 1. The van der Waals surface area contributed by atoms with Gasteiger partial charge in [0.1, 0.15) is 0 Å². The molecule has 0 unspecified atom stereocenters. The van der Waals surface area contributed by atoms with E-state index in [0.29, 0.717) is 12.1 Å². The van der Waals surface area contributed by atoms with Gasteiger partial charge < -0.3 is 11.1 Å². The van der Waals surface area contributed by atoms with E-state index in [1.807, 2.05) is 57.4 Å². The van der Waals surface area contributed by atoms with Crippen LogP contribution in [0, 0.1) is 0 Å². The van der Waals surface area contributed by atoms with Crippen molar-refractivity contribution in [3.05, 3.63) is 60.6 Å². The minimum Gasteiger partial charge on any atom is -0.350 e. The second-order valence-electron chi connectivity index (χ2n) is 7.79. The van der Waals surface area contributed by atoms with Crippen molar-refractivity contribution in [1.82, 2.24) is 29.7 Å². The van der Waals surface area contributed by atoms with E-state index < -0.39 is 5.54 Å². The molecule has 0 aliphatic rings. The van der Waals surface area contributed by atoms with Gasteiger partial charge in [0.15, 0.2) is 5.65 Å². The van der Waals surface area contributed by atoms with Crippen molar-refractivity contribution < 1.29 is 4.79 Å².